The van der Waals surface area contributed by atoms with Crippen molar-refractivity contribution in [1.82, 2.24) is 29.3 Å². The molecular weight excluding hydrogens is 428 g/mol. The number of para-hydroxylation sites is 1. The van der Waals surface area contributed by atoms with Gasteiger partial charge in [0, 0.05) is 12.1 Å². The molecule has 0 N–H and O–H groups in total. The van der Waals surface area contributed by atoms with Crippen LogP contribution in [0.3, 0.4) is 0 Å². The molecular formula is C26H30N6O2. The van der Waals surface area contributed by atoms with E-state index in [1.165, 1.54) is 0 Å². The summed E-state index contributed by atoms with van der Waals surface area (Å²) in [6.45, 7) is 5.21. The highest BCUT2D eigenvalue weighted by atomic mass is 16.2. The third kappa shape index (κ3) is 4.76. The van der Waals surface area contributed by atoms with E-state index in [9.17, 15) is 9.59 Å². The number of carbonyl (C=O) groups is 1. The molecule has 0 atom stereocenters. The smallest absolute Gasteiger partial charge is 0.296 e. The van der Waals surface area contributed by atoms with Crippen LogP contribution in [0.25, 0.3) is 16.8 Å². The Balaban J connectivity index is 1.65. The Morgan fingerprint density at radius 2 is 1.74 bits per heavy atom. The molecule has 0 aliphatic carbocycles. The van der Waals surface area contributed by atoms with E-state index in [4.69, 9.17) is 0 Å². The lowest BCUT2D eigenvalue weighted by molar-refractivity contribution is 0.111. The summed E-state index contributed by atoms with van der Waals surface area (Å²) in [6.07, 6.45) is 6.97. The average molecular weight is 459 g/mol. The van der Waals surface area contributed by atoms with Crippen LogP contribution in [0.5, 0.6) is 0 Å². The number of hydrogen-bond acceptors (Lipinski definition) is 5. The van der Waals surface area contributed by atoms with E-state index >= 15 is 0 Å². The first-order valence-electron chi connectivity index (χ1n) is 11.9. The quantitative estimate of drug-likeness (QED) is 0.247. The molecule has 0 spiro atoms. The van der Waals surface area contributed by atoms with Crippen molar-refractivity contribution in [2.75, 3.05) is 0 Å². The molecule has 4 aromatic rings. The van der Waals surface area contributed by atoms with Gasteiger partial charge in [-0.1, -0.05) is 75.6 Å². The van der Waals surface area contributed by atoms with Crippen molar-refractivity contribution in [2.45, 2.75) is 59.0 Å². The highest BCUT2D eigenvalue weighted by Gasteiger charge is 2.19. The number of aromatic nitrogens is 6. The largest absolute Gasteiger partial charge is 0.329 e. The summed E-state index contributed by atoms with van der Waals surface area (Å²) < 4.78 is 5.07. The van der Waals surface area contributed by atoms with Crippen LogP contribution in [-0.2, 0) is 19.5 Å². The molecule has 0 bridgehead atoms. The lowest BCUT2D eigenvalue weighted by Gasteiger charge is -2.11. The normalized spacial score (nSPS) is 11.1. The Bertz CT molecular complexity index is 1290. The van der Waals surface area contributed by atoms with E-state index in [0.29, 0.717) is 25.2 Å². The monoisotopic (exact) mass is 458 g/mol. The van der Waals surface area contributed by atoms with Crippen LogP contribution in [0.15, 0.2) is 59.7 Å². The van der Waals surface area contributed by atoms with Gasteiger partial charge in [0.05, 0.1) is 17.9 Å². The fourth-order valence-electron chi connectivity index (χ4n) is 4.35. The number of nitrogens with zero attached hydrogens (tertiary/aromatic N) is 6. The molecule has 4 rings (SSSR count). The minimum Gasteiger partial charge on any atom is -0.296 e. The lowest BCUT2D eigenvalue weighted by Crippen LogP contribution is -2.26. The molecule has 0 aliphatic heterocycles. The van der Waals surface area contributed by atoms with Gasteiger partial charge < -0.3 is 0 Å². The number of hydrogen-bond donors (Lipinski definition) is 0. The Morgan fingerprint density at radius 3 is 2.41 bits per heavy atom. The predicted molar refractivity (Wildman–Crippen MR) is 131 cm³/mol. The molecule has 0 amide bonds. The van der Waals surface area contributed by atoms with Crippen LogP contribution in [0.1, 0.15) is 61.3 Å². The zero-order valence-corrected chi connectivity index (χ0v) is 19.7. The van der Waals surface area contributed by atoms with Crippen LogP contribution in [0.2, 0.25) is 0 Å². The van der Waals surface area contributed by atoms with Gasteiger partial charge in [-0.3, -0.25) is 13.9 Å². The van der Waals surface area contributed by atoms with Gasteiger partial charge in [-0.15, -0.1) is 5.10 Å². The zero-order chi connectivity index (χ0) is 23.9. The molecule has 0 radical (unpaired) electrons. The van der Waals surface area contributed by atoms with Crippen molar-refractivity contribution in [3.05, 3.63) is 82.3 Å². The molecule has 0 saturated heterocycles. The van der Waals surface area contributed by atoms with E-state index in [1.807, 2.05) is 48.5 Å². The van der Waals surface area contributed by atoms with Crippen molar-refractivity contribution in [3.8, 4) is 16.8 Å². The van der Waals surface area contributed by atoms with Crippen molar-refractivity contribution >= 4 is 6.29 Å². The fraction of sp³-hybridized carbons (Fsp3) is 0.346. The molecule has 0 aliphatic rings. The van der Waals surface area contributed by atoms with Crippen LogP contribution < -0.4 is 5.69 Å². The number of aldehydes is 1. The SMILES string of the molecule is CCCCCn1c(C=O)c(CCC)n(Cc2ccc(-c3ccccc3-n3cnnn3)cc2)c1=O. The van der Waals surface area contributed by atoms with Crippen molar-refractivity contribution in [3.63, 3.8) is 0 Å². The highest BCUT2D eigenvalue weighted by Crippen LogP contribution is 2.26. The van der Waals surface area contributed by atoms with E-state index in [1.54, 1.807) is 20.1 Å². The summed E-state index contributed by atoms with van der Waals surface area (Å²) in [6, 6.07) is 16.1. The number of carbonyl (C=O) groups excluding carboxylic acids is 1. The highest BCUT2D eigenvalue weighted by molar-refractivity contribution is 5.74. The number of rotatable bonds is 11. The summed E-state index contributed by atoms with van der Waals surface area (Å²) in [7, 11) is 0. The maximum Gasteiger partial charge on any atom is 0.329 e. The van der Waals surface area contributed by atoms with Crippen molar-refractivity contribution in [2.24, 2.45) is 0 Å². The zero-order valence-electron chi connectivity index (χ0n) is 19.7. The van der Waals surface area contributed by atoms with Crippen LogP contribution in [-0.4, -0.2) is 35.6 Å². The molecule has 0 unspecified atom stereocenters. The maximum atomic E-state index is 13.3. The molecule has 34 heavy (non-hydrogen) atoms. The van der Waals surface area contributed by atoms with E-state index in [-0.39, 0.29) is 5.69 Å². The Kier molecular flexibility index (Phi) is 7.47. The third-order valence-corrected chi connectivity index (χ3v) is 6.06. The summed E-state index contributed by atoms with van der Waals surface area (Å²) in [5.41, 5.74) is 5.18. The third-order valence-electron chi connectivity index (χ3n) is 6.06. The molecule has 0 fully saturated rings. The first-order valence-corrected chi connectivity index (χ1v) is 11.9. The van der Waals surface area contributed by atoms with Gasteiger partial charge in [0.1, 0.15) is 12.0 Å². The Labute approximate surface area is 198 Å². The van der Waals surface area contributed by atoms with Gasteiger partial charge in [-0.05, 0) is 40.5 Å². The van der Waals surface area contributed by atoms with Gasteiger partial charge >= 0.3 is 5.69 Å². The Morgan fingerprint density at radius 1 is 0.941 bits per heavy atom. The van der Waals surface area contributed by atoms with E-state index < -0.39 is 0 Å². The van der Waals surface area contributed by atoms with Crippen LogP contribution in [0.4, 0.5) is 0 Å². The number of imidazole rings is 1. The number of benzene rings is 2. The standard InChI is InChI=1S/C26H30N6O2/c1-3-5-8-16-30-25(18-33)24(9-4-2)31(26(30)34)17-20-12-14-21(15-13-20)22-10-6-7-11-23(22)32-19-27-28-29-32/h6-7,10-15,18-19H,3-5,8-9,16-17H2,1-2H3. The first-order chi connectivity index (χ1) is 16.7. The summed E-state index contributed by atoms with van der Waals surface area (Å²) in [5.74, 6) is 0. The minimum atomic E-state index is -0.102. The first kappa shape index (κ1) is 23.4. The van der Waals surface area contributed by atoms with Crippen molar-refractivity contribution < 1.29 is 4.79 Å². The van der Waals surface area contributed by atoms with E-state index in [2.05, 4.69) is 29.4 Å². The summed E-state index contributed by atoms with van der Waals surface area (Å²) in [4.78, 5) is 25.2. The number of tetrazole rings is 1. The molecule has 2 aromatic carbocycles. The fourth-order valence-corrected chi connectivity index (χ4v) is 4.35. The molecule has 0 saturated carbocycles. The second-order valence-electron chi connectivity index (χ2n) is 8.40. The van der Waals surface area contributed by atoms with Gasteiger partial charge in [-0.2, -0.15) is 4.68 Å². The van der Waals surface area contributed by atoms with E-state index in [0.717, 1.165) is 60.0 Å². The summed E-state index contributed by atoms with van der Waals surface area (Å²) in [5, 5.41) is 11.5. The Hall–Kier alpha value is -3.81. The molecule has 176 valence electrons. The second-order valence-corrected chi connectivity index (χ2v) is 8.40. The molecule has 8 heteroatoms. The molecule has 2 aromatic heterocycles. The topological polar surface area (TPSA) is 87.6 Å². The van der Waals surface area contributed by atoms with Gasteiger partial charge in [0.15, 0.2) is 6.29 Å². The second kappa shape index (κ2) is 10.9. The van der Waals surface area contributed by atoms with Crippen LogP contribution in [0, 0.1) is 0 Å². The molecule has 2 heterocycles. The van der Waals surface area contributed by atoms with Gasteiger partial charge in [-0.25, -0.2) is 4.79 Å². The van der Waals surface area contributed by atoms with Crippen molar-refractivity contribution in [1.29, 1.82) is 0 Å². The molecule has 8 nitrogen and oxygen atoms in total. The number of unbranched alkanes of at least 4 members (excludes halogenated alkanes) is 2. The van der Waals surface area contributed by atoms with Gasteiger partial charge in [0.25, 0.3) is 0 Å². The van der Waals surface area contributed by atoms with Gasteiger partial charge in [0.2, 0.25) is 0 Å². The minimum absolute atomic E-state index is 0.102. The van der Waals surface area contributed by atoms with Crippen LogP contribution >= 0.6 is 0 Å². The lowest BCUT2D eigenvalue weighted by atomic mass is 10.0. The maximum absolute atomic E-state index is 13.3. The predicted octanol–water partition coefficient (Wildman–Crippen LogP) is 4.30. The summed E-state index contributed by atoms with van der Waals surface area (Å²) >= 11 is 0. The average Bonchev–Trinajstić information content (AvgIpc) is 3.48.